The van der Waals surface area contributed by atoms with Crippen LogP contribution in [0.1, 0.15) is 6.42 Å². The third-order valence-corrected chi connectivity index (χ3v) is 2.55. The number of carbonyl (C=O) groups excluding carboxylic acids is 1. The maximum atomic E-state index is 12.8. The standard InChI is InChI=1S/C6H9F4NO5S/c1-11-4(12)16-3-2-5(7,8)6(9,10)17(13,14)15/h2-3H2,1H3,(H,11,12)(H,13,14,15). The van der Waals surface area contributed by atoms with Crippen molar-refractivity contribution >= 4 is 16.2 Å². The zero-order valence-electron chi connectivity index (χ0n) is 8.41. The van der Waals surface area contributed by atoms with Gasteiger partial charge in [-0.3, -0.25) is 4.55 Å². The highest BCUT2D eigenvalue weighted by Gasteiger charge is 2.65. The third kappa shape index (κ3) is 3.70. The van der Waals surface area contributed by atoms with Crippen LogP contribution in [0.15, 0.2) is 0 Å². The van der Waals surface area contributed by atoms with E-state index in [0.717, 1.165) is 7.05 Å². The molecule has 11 heteroatoms. The van der Waals surface area contributed by atoms with Crippen LogP contribution >= 0.6 is 0 Å². The summed E-state index contributed by atoms with van der Waals surface area (Å²) in [5, 5.41) is -3.79. The molecule has 0 aliphatic rings. The van der Waals surface area contributed by atoms with E-state index in [-0.39, 0.29) is 0 Å². The van der Waals surface area contributed by atoms with E-state index in [4.69, 9.17) is 4.55 Å². The van der Waals surface area contributed by atoms with E-state index in [1.54, 1.807) is 0 Å². The minimum absolute atomic E-state index is 1.10. The topological polar surface area (TPSA) is 92.7 Å². The van der Waals surface area contributed by atoms with E-state index in [1.807, 2.05) is 5.32 Å². The Morgan fingerprint density at radius 3 is 2.18 bits per heavy atom. The summed E-state index contributed by atoms with van der Waals surface area (Å²) in [7, 11) is -5.15. The van der Waals surface area contributed by atoms with Crippen molar-refractivity contribution in [3.63, 3.8) is 0 Å². The number of alkyl halides is 4. The summed E-state index contributed by atoms with van der Waals surface area (Å²) in [5.41, 5.74) is 0. The Bertz CT molecular complexity index is 382. The molecule has 0 aromatic carbocycles. The first kappa shape index (κ1) is 15.9. The molecule has 0 aromatic rings. The van der Waals surface area contributed by atoms with Gasteiger partial charge in [0.2, 0.25) is 0 Å². The van der Waals surface area contributed by atoms with Gasteiger partial charge in [-0.05, 0) is 0 Å². The van der Waals surface area contributed by atoms with Crippen LogP contribution in [-0.2, 0) is 14.9 Å². The molecule has 0 heterocycles. The highest BCUT2D eigenvalue weighted by atomic mass is 32.2. The highest BCUT2D eigenvalue weighted by Crippen LogP contribution is 2.40. The van der Waals surface area contributed by atoms with Gasteiger partial charge in [0, 0.05) is 7.05 Å². The predicted octanol–water partition coefficient (Wildman–Crippen LogP) is 0.848. The monoisotopic (exact) mass is 283 g/mol. The van der Waals surface area contributed by atoms with Crippen molar-refractivity contribution in [2.24, 2.45) is 0 Å². The van der Waals surface area contributed by atoms with Crippen molar-refractivity contribution < 1.29 is 40.1 Å². The van der Waals surface area contributed by atoms with Gasteiger partial charge >= 0.3 is 27.4 Å². The van der Waals surface area contributed by atoms with E-state index in [9.17, 15) is 30.8 Å². The number of hydrogen-bond acceptors (Lipinski definition) is 4. The van der Waals surface area contributed by atoms with E-state index in [1.165, 1.54) is 0 Å². The van der Waals surface area contributed by atoms with Crippen LogP contribution in [0.25, 0.3) is 0 Å². The van der Waals surface area contributed by atoms with Gasteiger partial charge < -0.3 is 10.1 Å². The summed E-state index contributed by atoms with van der Waals surface area (Å²) in [6.45, 7) is -1.14. The number of amides is 1. The normalized spacial score (nSPS) is 13.3. The van der Waals surface area contributed by atoms with Crippen molar-refractivity contribution in [1.82, 2.24) is 5.32 Å². The van der Waals surface area contributed by atoms with Crippen molar-refractivity contribution in [2.45, 2.75) is 17.6 Å². The van der Waals surface area contributed by atoms with E-state index >= 15 is 0 Å². The second-order valence-corrected chi connectivity index (χ2v) is 4.30. The van der Waals surface area contributed by atoms with Crippen molar-refractivity contribution in [3.05, 3.63) is 0 Å². The number of halogens is 4. The lowest BCUT2D eigenvalue weighted by molar-refractivity contribution is -0.168. The van der Waals surface area contributed by atoms with Crippen LogP contribution in [0.5, 0.6) is 0 Å². The number of alkyl carbamates (subject to hydrolysis) is 1. The fourth-order valence-corrected chi connectivity index (χ4v) is 1.16. The van der Waals surface area contributed by atoms with Crippen LogP contribution in [-0.4, -0.2) is 43.9 Å². The summed E-state index contributed by atoms with van der Waals surface area (Å²) in [5.74, 6) is -5.06. The predicted molar refractivity (Wildman–Crippen MR) is 46.5 cm³/mol. The Hall–Kier alpha value is -1.10. The Kier molecular flexibility index (Phi) is 4.71. The summed E-state index contributed by atoms with van der Waals surface area (Å²) in [4.78, 5) is 10.4. The Balaban J connectivity index is 4.64. The van der Waals surface area contributed by atoms with Crippen LogP contribution in [0, 0.1) is 0 Å². The van der Waals surface area contributed by atoms with Crippen LogP contribution < -0.4 is 5.32 Å². The van der Waals surface area contributed by atoms with Gasteiger partial charge in [0.15, 0.2) is 0 Å². The first-order valence-electron chi connectivity index (χ1n) is 4.03. The second-order valence-electron chi connectivity index (χ2n) is 2.83. The lowest BCUT2D eigenvalue weighted by Gasteiger charge is -2.23. The molecule has 0 spiro atoms. The quantitative estimate of drug-likeness (QED) is 0.576. The van der Waals surface area contributed by atoms with E-state index < -0.39 is 40.4 Å². The van der Waals surface area contributed by atoms with Crippen LogP contribution in [0.3, 0.4) is 0 Å². The summed E-state index contributed by atoms with van der Waals surface area (Å²) in [6.07, 6.45) is -2.90. The number of carbonyl (C=O) groups is 1. The maximum Gasteiger partial charge on any atom is 0.431 e. The SMILES string of the molecule is CNC(=O)OCCC(F)(F)C(F)(F)S(=O)(=O)O. The van der Waals surface area contributed by atoms with E-state index in [0.29, 0.717) is 0 Å². The molecule has 0 atom stereocenters. The first-order chi connectivity index (χ1) is 7.45. The molecule has 0 aliphatic heterocycles. The molecule has 1 amide bonds. The molecule has 0 aliphatic carbocycles. The van der Waals surface area contributed by atoms with Gasteiger partial charge in [0.1, 0.15) is 0 Å². The lowest BCUT2D eigenvalue weighted by Crippen LogP contribution is -2.47. The molecule has 0 aromatic heterocycles. The minimum atomic E-state index is -6.26. The van der Waals surface area contributed by atoms with Crippen LogP contribution in [0.4, 0.5) is 22.4 Å². The lowest BCUT2D eigenvalue weighted by atomic mass is 10.2. The van der Waals surface area contributed by atoms with Crippen molar-refractivity contribution in [2.75, 3.05) is 13.7 Å². The van der Waals surface area contributed by atoms with Gasteiger partial charge in [-0.2, -0.15) is 26.0 Å². The molecule has 2 N–H and O–H groups in total. The average Bonchev–Trinajstić information content (AvgIpc) is 2.15. The van der Waals surface area contributed by atoms with Gasteiger partial charge in [0.25, 0.3) is 0 Å². The van der Waals surface area contributed by atoms with Crippen molar-refractivity contribution in [3.8, 4) is 0 Å². The summed E-state index contributed by atoms with van der Waals surface area (Å²) >= 11 is 0. The zero-order chi connectivity index (χ0) is 13.9. The molecule has 0 fully saturated rings. The first-order valence-corrected chi connectivity index (χ1v) is 5.47. The third-order valence-electron chi connectivity index (χ3n) is 1.60. The Labute approximate surface area is 93.7 Å². The number of ether oxygens (including phenoxy) is 1. The molecule has 0 saturated carbocycles. The Morgan fingerprint density at radius 1 is 1.35 bits per heavy atom. The zero-order valence-corrected chi connectivity index (χ0v) is 9.23. The fourth-order valence-electron chi connectivity index (χ4n) is 0.678. The van der Waals surface area contributed by atoms with Gasteiger partial charge in [0.05, 0.1) is 13.0 Å². The maximum absolute atomic E-state index is 12.8. The summed E-state index contributed by atoms with van der Waals surface area (Å²) in [6, 6.07) is 0. The molecule has 0 bridgehead atoms. The van der Waals surface area contributed by atoms with Gasteiger partial charge in [-0.15, -0.1) is 0 Å². The van der Waals surface area contributed by atoms with Crippen molar-refractivity contribution in [1.29, 1.82) is 0 Å². The molecule has 0 saturated heterocycles. The molecule has 6 nitrogen and oxygen atoms in total. The molecule has 102 valence electrons. The largest absolute Gasteiger partial charge is 0.449 e. The van der Waals surface area contributed by atoms with Gasteiger partial charge in [-0.1, -0.05) is 0 Å². The number of hydrogen-bond donors (Lipinski definition) is 2. The average molecular weight is 283 g/mol. The molecule has 0 rings (SSSR count). The van der Waals surface area contributed by atoms with Crippen LogP contribution in [0.2, 0.25) is 0 Å². The Morgan fingerprint density at radius 2 is 1.82 bits per heavy atom. The molecule has 0 unspecified atom stereocenters. The second kappa shape index (κ2) is 5.04. The fraction of sp³-hybridized carbons (Fsp3) is 0.833. The van der Waals surface area contributed by atoms with E-state index in [2.05, 4.69) is 4.74 Å². The number of rotatable bonds is 5. The molecular formula is C6H9F4NO5S. The molecular weight excluding hydrogens is 274 g/mol. The van der Waals surface area contributed by atoms with Gasteiger partial charge in [-0.25, -0.2) is 4.79 Å². The molecule has 0 radical (unpaired) electrons. The number of nitrogens with one attached hydrogen (secondary N) is 1. The highest BCUT2D eigenvalue weighted by molar-refractivity contribution is 7.87. The smallest absolute Gasteiger partial charge is 0.431 e. The molecule has 17 heavy (non-hydrogen) atoms. The summed E-state index contributed by atoms with van der Waals surface area (Å²) < 4.78 is 82.7. The minimum Gasteiger partial charge on any atom is -0.449 e.